The lowest BCUT2D eigenvalue weighted by molar-refractivity contribution is 0.622. The van der Waals surface area contributed by atoms with Gasteiger partial charge in [-0.05, 0) is 54.1 Å². The Morgan fingerprint density at radius 2 is 1.80 bits per heavy atom. The minimum absolute atomic E-state index is 0.299. The number of nitrogens with zero attached hydrogens (tertiary/aromatic N) is 4. The monoisotopic (exact) mass is 414 g/mol. The number of halogens is 1. The van der Waals surface area contributed by atoms with Gasteiger partial charge in [0.1, 0.15) is 17.1 Å². The lowest BCUT2D eigenvalue weighted by Crippen LogP contribution is -2.11. The molecule has 3 heterocycles. The number of hydrogen-bond donors (Lipinski definition) is 0. The zero-order valence-electron chi connectivity index (χ0n) is 15.6. The van der Waals surface area contributed by atoms with Gasteiger partial charge in [0.15, 0.2) is 5.76 Å². The van der Waals surface area contributed by atoms with Gasteiger partial charge in [0, 0.05) is 23.2 Å². The molecule has 0 aliphatic rings. The number of thiazole rings is 1. The topological polar surface area (TPSA) is 55.7 Å². The number of para-hydroxylation sites is 1. The van der Waals surface area contributed by atoms with Crippen LogP contribution < -0.4 is 4.80 Å². The molecule has 0 atom stereocenters. The van der Waals surface area contributed by atoms with Gasteiger partial charge < -0.3 is 4.42 Å². The predicted octanol–water partition coefficient (Wildman–Crippen LogP) is 5.61. The molecule has 0 amide bonds. The predicted molar refractivity (Wildman–Crippen MR) is 116 cm³/mol. The van der Waals surface area contributed by atoms with E-state index in [2.05, 4.69) is 15.1 Å². The molecule has 0 fully saturated rings. The summed E-state index contributed by atoms with van der Waals surface area (Å²) in [5.74, 6) is 0.395. The van der Waals surface area contributed by atoms with Gasteiger partial charge in [0.2, 0.25) is 4.80 Å². The first-order chi connectivity index (χ1) is 14.8. The summed E-state index contributed by atoms with van der Waals surface area (Å²) in [4.78, 5) is 9.31. The van der Waals surface area contributed by atoms with Crippen molar-refractivity contribution in [3.8, 4) is 11.5 Å². The molecule has 146 valence electrons. The molecule has 5 aromatic rings. The minimum Gasteiger partial charge on any atom is -0.454 e. The minimum atomic E-state index is -0.299. The maximum absolute atomic E-state index is 13.3. The van der Waals surface area contributed by atoms with Crippen molar-refractivity contribution in [3.63, 3.8) is 0 Å². The van der Waals surface area contributed by atoms with Crippen LogP contribution in [0.5, 0.6) is 0 Å². The van der Waals surface area contributed by atoms with Crippen LogP contribution in [-0.2, 0) is 0 Å². The number of pyridine rings is 1. The Hall–Kier alpha value is -3.84. The number of furan rings is 1. The molecule has 0 saturated carbocycles. The largest absolute Gasteiger partial charge is 0.454 e. The van der Waals surface area contributed by atoms with Crippen LogP contribution >= 0.6 is 11.3 Å². The average molecular weight is 414 g/mol. The van der Waals surface area contributed by atoms with E-state index in [1.807, 2.05) is 47.8 Å². The highest BCUT2D eigenvalue weighted by atomic mass is 32.1. The molecule has 7 heteroatoms. The fourth-order valence-electron chi connectivity index (χ4n) is 2.97. The van der Waals surface area contributed by atoms with E-state index in [4.69, 9.17) is 4.42 Å². The number of aromatic nitrogens is 2. The summed E-state index contributed by atoms with van der Waals surface area (Å²) in [6.45, 7) is 0. The summed E-state index contributed by atoms with van der Waals surface area (Å²) in [7, 11) is 0. The summed E-state index contributed by atoms with van der Waals surface area (Å²) in [5.41, 5.74) is 3.14. The highest BCUT2D eigenvalue weighted by Crippen LogP contribution is 2.28. The van der Waals surface area contributed by atoms with E-state index in [-0.39, 0.29) is 5.82 Å². The third kappa shape index (κ3) is 3.70. The van der Waals surface area contributed by atoms with Crippen molar-refractivity contribution >= 4 is 34.2 Å². The maximum atomic E-state index is 13.3. The van der Waals surface area contributed by atoms with Crippen LogP contribution in [0.2, 0.25) is 0 Å². The molecule has 0 radical (unpaired) electrons. The van der Waals surface area contributed by atoms with E-state index >= 15 is 0 Å². The van der Waals surface area contributed by atoms with E-state index in [0.29, 0.717) is 16.2 Å². The first-order valence-electron chi connectivity index (χ1n) is 9.20. The molecule has 0 N–H and O–H groups in total. The fraction of sp³-hybridized carbons (Fsp3) is 0. The second-order valence-corrected chi connectivity index (χ2v) is 7.31. The molecule has 0 aliphatic carbocycles. The van der Waals surface area contributed by atoms with Gasteiger partial charge >= 0.3 is 0 Å². The van der Waals surface area contributed by atoms with Crippen LogP contribution in [0.4, 0.5) is 10.1 Å². The van der Waals surface area contributed by atoms with Crippen LogP contribution in [0.1, 0.15) is 5.56 Å². The lowest BCUT2D eigenvalue weighted by atomic mass is 10.2. The van der Waals surface area contributed by atoms with Gasteiger partial charge in [-0.1, -0.05) is 18.2 Å². The van der Waals surface area contributed by atoms with E-state index in [1.54, 1.807) is 35.4 Å². The van der Waals surface area contributed by atoms with Crippen LogP contribution in [0.25, 0.3) is 22.4 Å². The summed E-state index contributed by atoms with van der Waals surface area (Å²) in [5, 5.41) is 7.61. The lowest BCUT2D eigenvalue weighted by Gasteiger charge is -2.01. The van der Waals surface area contributed by atoms with E-state index < -0.39 is 0 Å². The van der Waals surface area contributed by atoms with Crippen molar-refractivity contribution in [2.75, 3.05) is 0 Å². The van der Waals surface area contributed by atoms with Crippen molar-refractivity contribution in [1.29, 1.82) is 0 Å². The molecule has 3 aromatic heterocycles. The molecule has 30 heavy (non-hydrogen) atoms. The third-order valence-electron chi connectivity index (χ3n) is 4.44. The first kappa shape index (κ1) is 18.2. The Kier molecular flexibility index (Phi) is 4.78. The molecule has 5 nitrogen and oxygen atoms in total. The first-order valence-corrected chi connectivity index (χ1v) is 10.1. The average Bonchev–Trinajstić information content (AvgIpc) is 3.38. The number of fused-ring (bicyclic) bond motifs is 1. The quantitative estimate of drug-likeness (QED) is 0.359. The molecule has 0 unspecified atom stereocenters. The van der Waals surface area contributed by atoms with Crippen molar-refractivity contribution in [3.05, 3.63) is 101 Å². The zero-order valence-corrected chi connectivity index (χ0v) is 16.5. The van der Waals surface area contributed by atoms with Crippen LogP contribution in [0, 0.1) is 5.82 Å². The van der Waals surface area contributed by atoms with E-state index in [1.165, 1.54) is 23.5 Å². The van der Waals surface area contributed by atoms with Gasteiger partial charge in [-0.25, -0.2) is 14.1 Å². The molecule has 0 aliphatic heterocycles. The van der Waals surface area contributed by atoms with Gasteiger partial charge in [0.05, 0.1) is 11.9 Å². The normalized spacial score (nSPS) is 12.2. The second-order valence-electron chi connectivity index (χ2n) is 6.48. The number of benzene rings is 2. The Morgan fingerprint density at radius 1 is 1.00 bits per heavy atom. The summed E-state index contributed by atoms with van der Waals surface area (Å²) < 4.78 is 21.0. The number of hydrogen-bond acceptors (Lipinski definition) is 5. The number of rotatable bonds is 4. The standard InChI is InChI=1S/C23H15FN4OS/c24-18-5-7-19(8-6-18)27-23-28(26-14-16-9-11-25-12-10-16)20(15-30-23)22-13-17-3-1-2-4-21(17)29-22/h1-15H. The van der Waals surface area contributed by atoms with E-state index in [0.717, 1.165) is 22.2 Å². The second kappa shape index (κ2) is 7.88. The zero-order chi connectivity index (χ0) is 20.3. The molecule has 0 bridgehead atoms. The van der Waals surface area contributed by atoms with Crippen LogP contribution in [-0.4, -0.2) is 15.9 Å². The molecular weight excluding hydrogens is 399 g/mol. The fourth-order valence-corrected chi connectivity index (χ4v) is 3.80. The molecule has 5 rings (SSSR count). The van der Waals surface area contributed by atoms with Gasteiger partial charge in [0.25, 0.3) is 0 Å². The molecule has 0 saturated heterocycles. The smallest absolute Gasteiger partial charge is 0.211 e. The highest BCUT2D eigenvalue weighted by Gasteiger charge is 2.13. The Labute approximate surface area is 175 Å². The van der Waals surface area contributed by atoms with Crippen LogP contribution in [0.3, 0.4) is 0 Å². The SMILES string of the molecule is Fc1ccc(N=c2scc(-c3cc4ccccc4o3)n2N=Cc2ccncc2)cc1. The van der Waals surface area contributed by atoms with Gasteiger partial charge in [-0.2, -0.15) is 5.10 Å². The Balaban J connectivity index is 1.65. The summed E-state index contributed by atoms with van der Waals surface area (Å²) in [6.07, 6.45) is 5.16. The van der Waals surface area contributed by atoms with Crippen LogP contribution in [0.15, 0.2) is 99.0 Å². The molecular formula is C23H15FN4OS. The van der Waals surface area contributed by atoms with E-state index in [9.17, 15) is 4.39 Å². The third-order valence-corrected chi connectivity index (χ3v) is 5.26. The molecule has 0 spiro atoms. The maximum Gasteiger partial charge on any atom is 0.211 e. The Bertz CT molecular complexity index is 1370. The summed E-state index contributed by atoms with van der Waals surface area (Å²) in [6, 6.07) is 19.6. The van der Waals surface area contributed by atoms with Crippen molar-refractivity contribution in [2.45, 2.75) is 0 Å². The van der Waals surface area contributed by atoms with Gasteiger partial charge in [-0.15, -0.1) is 11.3 Å². The van der Waals surface area contributed by atoms with Crippen molar-refractivity contribution in [1.82, 2.24) is 9.66 Å². The molecule has 2 aromatic carbocycles. The Morgan fingerprint density at radius 3 is 2.60 bits per heavy atom. The highest BCUT2D eigenvalue weighted by molar-refractivity contribution is 7.07. The van der Waals surface area contributed by atoms with Crippen molar-refractivity contribution < 1.29 is 8.81 Å². The van der Waals surface area contributed by atoms with Crippen molar-refractivity contribution in [2.24, 2.45) is 10.1 Å². The van der Waals surface area contributed by atoms with Gasteiger partial charge in [-0.3, -0.25) is 4.98 Å². The summed E-state index contributed by atoms with van der Waals surface area (Å²) >= 11 is 1.43.